The Hall–Kier alpha value is -2.18. The second-order valence-electron chi connectivity index (χ2n) is 7.84. The van der Waals surface area contributed by atoms with Crippen LogP contribution in [-0.4, -0.2) is 37.3 Å². The molecule has 0 bridgehead atoms. The van der Waals surface area contributed by atoms with Gasteiger partial charge in [0.15, 0.2) is 11.5 Å². The lowest BCUT2D eigenvalue weighted by atomic mass is 9.94. The Morgan fingerprint density at radius 2 is 1.65 bits per heavy atom. The number of benzene rings is 2. The highest BCUT2D eigenvalue weighted by molar-refractivity contribution is 6.33. The molecule has 0 atom stereocenters. The fourth-order valence-corrected chi connectivity index (χ4v) is 4.62. The van der Waals surface area contributed by atoms with E-state index >= 15 is 0 Å². The molecule has 4 aromatic rings. The van der Waals surface area contributed by atoms with Gasteiger partial charge in [0.05, 0.1) is 5.02 Å². The Bertz CT molecular complexity index is 1210. The summed E-state index contributed by atoms with van der Waals surface area (Å²) in [5.41, 5.74) is 4.30. The van der Waals surface area contributed by atoms with Gasteiger partial charge in [-0.2, -0.15) is 9.61 Å². The molecule has 31 heavy (non-hydrogen) atoms. The molecule has 2 aromatic heterocycles. The smallest absolute Gasteiger partial charge is 0.178 e. The molecule has 0 radical (unpaired) electrons. The van der Waals surface area contributed by atoms with Gasteiger partial charge in [0, 0.05) is 35.7 Å². The fourth-order valence-electron chi connectivity index (χ4n) is 4.07. The summed E-state index contributed by atoms with van der Waals surface area (Å²) in [5, 5.41) is 15.2. The molecular formula is C23H20Cl3N5. The van der Waals surface area contributed by atoms with Crippen LogP contribution in [0.2, 0.25) is 10.0 Å². The van der Waals surface area contributed by atoms with Crippen LogP contribution in [0.25, 0.3) is 28.0 Å². The second kappa shape index (κ2) is 8.75. The van der Waals surface area contributed by atoms with Gasteiger partial charge >= 0.3 is 0 Å². The van der Waals surface area contributed by atoms with Gasteiger partial charge in [0.25, 0.3) is 0 Å². The minimum Gasteiger partial charge on any atom is -0.220 e. The molecule has 8 heteroatoms. The first-order valence-electron chi connectivity index (χ1n) is 10.3. The molecule has 5 rings (SSSR count). The van der Waals surface area contributed by atoms with Gasteiger partial charge in [0.1, 0.15) is 5.69 Å². The SMILES string of the molecule is Clc1ccc(-c2cc3nnc(CC4CCN(Cl)CC4)n3nc2-c2ccccc2Cl)cc1. The van der Waals surface area contributed by atoms with Crippen molar-refractivity contribution in [1.29, 1.82) is 0 Å². The number of hydrogen-bond donors (Lipinski definition) is 0. The lowest BCUT2D eigenvalue weighted by Gasteiger charge is -2.26. The molecular weight excluding hydrogens is 453 g/mol. The topological polar surface area (TPSA) is 46.3 Å². The van der Waals surface area contributed by atoms with Crippen molar-refractivity contribution in [2.75, 3.05) is 13.1 Å². The van der Waals surface area contributed by atoms with E-state index in [1.165, 1.54) is 0 Å². The van der Waals surface area contributed by atoms with Crippen molar-refractivity contribution in [3.63, 3.8) is 0 Å². The standard InChI is InChI=1S/C23H20Cl3N5/c24-17-7-5-16(6-8-17)19-14-22-28-27-21(13-15-9-11-30(26)12-10-15)31(22)29-23(19)18-3-1-2-4-20(18)25/h1-8,14-15H,9-13H2. The summed E-state index contributed by atoms with van der Waals surface area (Å²) in [6, 6.07) is 17.5. The lowest BCUT2D eigenvalue weighted by molar-refractivity contribution is 0.279. The molecule has 5 nitrogen and oxygen atoms in total. The van der Waals surface area contributed by atoms with Crippen LogP contribution in [0.3, 0.4) is 0 Å². The van der Waals surface area contributed by atoms with Crippen molar-refractivity contribution < 1.29 is 0 Å². The van der Waals surface area contributed by atoms with Crippen molar-refractivity contribution in [2.45, 2.75) is 19.3 Å². The van der Waals surface area contributed by atoms with Crippen LogP contribution in [0, 0.1) is 5.92 Å². The molecule has 0 amide bonds. The molecule has 1 aliphatic heterocycles. The van der Waals surface area contributed by atoms with Crippen LogP contribution < -0.4 is 0 Å². The van der Waals surface area contributed by atoms with Crippen LogP contribution in [0.1, 0.15) is 18.7 Å². The maximum atomic E-state index is 6.56. The average molecular weight is 473 g/mol. The summed E-state index contributed by atoms with van der Waals surface area (Å²) in [6.45, 7) is 1.78. The summed E-state index contributed by atoms with van der Waals surface area (Å²) in [7, 11) is 0. The minimum absolute atomic E-state index is 0.518. The van der Waals surface area contributed by atoms with Crippen LogP contribution in [0.5, 0.6) is 0 Å². The third-order valence-corrected chi connectivity index (χ3v) is 6.69. The molecule has 1 fully saturated rings. The van der Waals surface area contributed by atoms with Crippen molar-refractivity contribution in [1.82, 2.24) is 24.2 Å². The van der Waals surface area contributed by atoms with Crippen LogP contribution >= 0.6 is 35.0 Å². The Labute approximate surface area is 195 Å². The monoisotopic (exact) mass is 471 g/mol. The molecule has 3 heterocycles. The minimum atomic E-state index is 0.518. The van der Waals surface area contributed by atoms with Gasteiger partial charge < -0.3 is 0 Å². The first-order valence-corrected chi connectivity index (χ1v) is 11.3. The maximum absolute atomic E-state index is 6.56. The van der Waals surface area contributed by atoms with Gasteiger partial charge in [-0.1, -0.05) is 53.5 Å². The van der Waals surface area contributed by atoms with Crippen LogP contribution in [0.4, 0.5) is 0 Å². The molecule has 0 N–H and O–H groups in total. The zero-order valence-corrected chi connectivity index (χ0v) is 18.9. The van der Waals surface area contributed by atoms with Gasteiger partial charge in [-0.15, -0.1) is 10.2 Å². The van der Waals surface area contributed by atoms with E-state index in [1.54, 1.807) is 0 Å². The van der Waals surface area contributed by atoms with Crippen LogP contribution in [-0.2, 0) is 6.42 Å². The summed E-state index contributed by atoms with van der Waals surface area (Å²) in [4.78, 5) is 0. The lowest BCUT2D eigenvalue weighted by Crippen LogP contribution is -2.27. The van der Waals surface area contributed by atoms with Crippen LogP contribution in [0.15, 0.2) is 54.6 Å². The van der Waals surface area contributed by atoms with Gasteiger partial charge in [-0.3, -0.25) is 0 Å². The molecule has 0 spiro atoms. The van der Waals surface area contributed by atoms with Crippen molar-refractivity contribution in [3.8, 4) is 22.4 Å². The van der Waals surface area contributed by atoms with Crippen molar-refractivity contribution >= 4 is 40.6 Å². The van der Waals surface area contributed by atoms with E-state index in [2.05, 4.69) is 10.2 Å². The van der Waals surface area contributed by atoms with E-state index in [9.17, 15) is 0 Å². The third-order valence-electron chi connectivity index (χ3n) is 5.77. The predicted molar refractivity (Wildman–Crippen MR) is 126 cm³/mol. The maximum Gasteiger partial charge on any atom is 0.178 e. The number of piperidine rings is 1. The molecule has 0 saturated carbocycles. The summed E-state index contributed by atoms with van der Waals surface area (Å²) in [5.74, 6) is 1.38. The normalized spacial score (nSPS) is 15.6. The van der Waals surface area contributed by atoms with E-state index in [-0.39, 0.29) is 0 Å². The number of hydrogen-bond acceptors (Lipinski definition) is 4. The highest BCUT2D eigenvalue weighted by atomic mass is 35.5. The Morgan fingerprint density at radius 3 is 2.39 bits per heavy atom. The number of aromatic nitrogens is 4. The number of nitrogens with zero attached hydrogens (tertiary/aromatic N) is 5. The van der Waals surface area contributed by atoms with E-state index in [0.717, 1.165) is 60.6 Å². The quantitative estimate of drug-likeness (QED) is 0.333. The Morgan fingerprint density at radius 1 is 0.903 bits per heavy atom. The number of fused-ring (bicyclic) bond motifs is 1. The largest absolute Gasteiger partial charge is 0.220 e. The molecule has 0 unspecified atom stereocenters. The summed E-state index contributed by atoms with van der Waals surface area (Å²) in [6.07, 6.45) is 2.90. The van der Waals surface area contributed by atoms with E-state index in [0.29, 0.717) is 21.6 Å². The second-order valence-corrected chi connectivity index (χ2v) is 9.16. The highest BCUT2D eigenvalue weighted by Crippen LogP contribution is 2.35. The molecule has 2 aromatic carbocycles. The zero-order chi connectivity index (χ0) is 21.4. The number of halogens is 3. The molecule has 1 aliphatic rings. The van der Waals surface area contributed by atoms with Crippen molar-refractivity contribution in [2.24, 2.45) is 5.92 Å². The molecule has 158 valence electrons. The van der Waals surface area contributed by atoms with Gasteiger partial charge in [-0.05, 0) is 60.4 Å². The first-order chi connectivity index (χ1) is 15.1. The Balaban J connectivity index is 1.62. The zero-order valence-electron chi connectivity index (χ0n) is 16.7. The summed E-state index contributed by atoms with van der Waals surface area (Å²) >= 11 is 18.8. The third kappa shape index (κ3) is 4.28. The van der Waals surface area contributed by atoms with Crippen molar-refractivity contribution in [3.05, 3.63) is 70.5 Å². The van der Waals surface area contributed by atoms with Gasteiger partial charge in [-0.25, -0.2) is 4.42 Å². The molecule has 0 aliphatic carbocycles. The Kier molecular flexibility index (Phi) is 5.85. The summed E-state index contributed by atoms with van der Waals surface area (Å²) < 4.78 is 3.70. The fraction of sp³-hybridized carbons (Fsp3) is 0.261. The van der Waals surface area contributed by atoms with E-state index in [4.69, 9.17) is 40.1 Å². The average Bonchev–Trinajstić information content (AvgIpc) is 3.17. The molecule has 1 saturated heterocycles. The first kappa shape index (κ1) is 20.7. The highest BCUT2D eigenvalue weighted by Gasteiger charge is 2.22. The number of rotatable bonds is 4. The predicted octanol–water partition coefficient (Wildman–Crippen LogP) is 6.17. The van der Waals surface area contributed by atoms with E-state index < -0.39 is 0 Å². The van der Waals surface area contributed by atoms with Gasteiger partial charge in [0.2, 0.25) is 0 Å². The van der Waals surface area contributed by atoms with E-state index in [1.807, 2.05) is 63.5 Å².